The zero-order valence-electron chi connectivity index (χ0n) is 11.5. The fourth-order valence-corrected chi connectivity index (χ4v) is 2.98. The Morgan fingerprint density at radius 3 is 2.63 bits per heavy atom. The average molecular weight is 302 g/mol. The molecule has 1 N–H and O–H groups in total. The molecule has 1 heterocycles. The first-order chi connectivity index (χ1) is 9.00. The second kappa shape index (κ2) is 6.45. The molecule has 0 amide bonds. The maximum Gasteiger partial charge on any atom is 0.0471 e. The Balaban J connectivity index is 1.95. The van der Waals surface area contributed by atoms with Gasteiger partial charge in [0, 0.05) is 35.8 Å². The van der Waals surface area contributed by atoms with Crippen molar-refractivity contribution in [1.29, 1.82) is 0 Å². The predicted octanol–water partition coefficient (Wildman–Crippen LogP) is 4.46. The number of hydrogen-bond acceptors (Lipinski definition) is 2. The first-order valence-electron chi connectivity index (χ1n) is 6.76. The van der Waals surface area contributed by atoms with Crippen molar-refractivity contribution in [3.05, 3.63) is 33.8 Å². The van der Waals surface area contributed by atoms with Gasteiger partial charge in [-0.1, -0.05) is 36.2 Å². The van der Waals surface area contributed by atoms with Gasteiger partial charge in [0.25, 0.3) is 0 Å². The van der Waals surface area contributed by atoms with E-state index >= 15 is 0 Å². The lowest BCUT2D eigenvalue weighted by atomic mass is 9.82. The Hall–Kier alpha value is -0.280. The molecule has 0 spiro atoms. The molecule has 0 aromatic heterocycles. The molecule has 0 bridgehead atoms. The summed E-state index contributed by atoms with van der Waals surface area (Å²) < 4.78 is 5.43. The van der Waals surface area contributed by atoms with E-state index in [1.54, 1.807) is 6.07 Å². The van der Waals surface area contributed by atoms with E-state index in [0.717, 1.165) is 43.2 Å². The van der Waals surface area contributed by atoms with E-state index in [1.807, 2.05) is 12.1 Å². The van der Waals surface area contributed by atoms with Crippen molar-refractivity contribution in [3.63, 3.8) is 0 Å². The molecule has 19 heavy (non-hydrogen) atoms. The molecule has 0 aliphatic carbocycles. The average Bonchev–Trinajstić information content (AvgIpc) is 2.37. The predicted molar refractivity (Wildman–Crippen MR) is 81.0 cm³/mol. The van der Waals surface area contributed by atoms with Crippen LogP contribution in [0.5, 0.6) is 0 Å². The highest BCUT2D eigenvalue weighted by molar-refractivity contribution is 6.35. The number of ether oxygens (including phenoxy) is 1. The highest BCUT2D eigenvalue weighted by Gasteiger charge is 2.27. The van der Waals surface area contributed by atoms with E-state index in [9.17, 15) is 0 Å². The fourth-order valence-electron chi connectivity index (χ4n) is 2.40. The SMILES string of the molecule is CC(NCC1(C)CCOCC1)c1ccc(Cl)cc1Cl. The summed E-state index contributed by atoms with van der Waals surface area (Å²) in [6.07, 6.45) is 2.22. The standard InChI is InChI=1S/C15H21Cl2NO/c1-11(13-4-3-12(16)9-14(13)17)18-10-15(2)5-7-19-8-6-15/h3-4,9,11,18H,5-8,10H2,1-2H3. The van der Waals surface area contributed by atoms with Crippen LogP contribution in [-0.2, 0) is 4.74 Å². The number of nitrogens with one attached hydrogen (secondary N) is 1. The maximum atomic E-state index is 6.24. The molecule has 1 fully saturated rings. The first kappa shape index (κ1) is 15.1. The van der Waals surface area contributed by atoms with E-state index in [2.05, 4.69) is 19.2 Å². The third kappa shape index (κ3) is 4.09. The van der Waals surface area contributed by atoms with Crippen LogP contribution in [0, 0.1) is 5.41 Å². The van der Waals surface area contributed by atoms with Crippen molar-refractivity contribution in [3.8, 4) is 0 Å². The Morgan fingerprint density at radius 2 is 2.00 bits per heavy atom. The Bertz CT molecular complexity index is 430. The van der Waals surface area contributed by atoms with Crippen molar-refractivity contribution >= 4 is 23.2 Å². The Morgan fingerprint density at radius 1 is 1.32 bits per heavy atom. The van der Waals surface area contributed by atoms with Crippen molar-refractivity contribution in [2.45, 2.75) is 32.7 Å². The molecule has 1 aromatic rings. The van der Waals surface area contributed by atoms with Crippen molar-refractivity contribution in [2.24, 2.45) is 5.41 Å². The van der Waals surface area contributed by atoms with Gasteiger partial charge in [0.2, 0.25) is 0 Å². The molecule has 1 atom stereocenters. The molecule has 1 aromatic carbocycles. The van der Waals surface area contributed by atoms with Gasteiger partial charge in [-0.25, -0.2) is 0 Å². The van der Waals surface area contributed by atoms with Gasteiger partial charge < -0.3 is 10.1 Å². The topological polar surface area (TPSA) is 21.3 Å². The van der Waals surface area contributed by atoms with Crippen LogP contribution in [0.1, 0.15) is 38.3 Å². The lowest BCUT2D eigenvalue weighted by Crippen LogP contribution is -2.37. The number of halogens is 2. The van der Waals surface area contributed by atoms with Crippen LogP contribution >= 0.6 is 23.2 Å². The minimum Gasteiger partial charge on any atom is -0.381 e. The molecular weight excluding hydrogens is 281 g/mol. The van der Waals surface area contributed by atoms with Gasteiger partial charge in [-0.2, -0.15) is 0 Å². The Labute approximate surface area is 125 Å². The van der Waals surface area contributed by atoms with Gasteiger partial charge in [-0.05, 0) is 42.9 Å². The monoisotopic (exact) mass is 301 g/mol. The minimum atomic E-state index is 0.226. The van der Waals surface area contributed by atoms with Gasteiger partial charge in [-0.15, -0.1) is 0 Å². The fraction of sp³-hybridized carbons (Fsp3) is 0.600. The van der Waals surface area contributed by atoms with E-state index in [0.29, 0.717) is 10.4 Å². The van der Waals surface area contributed by atoms with Crippen LogP contribution in [0.15, 0.2) is 18.2 Å². The molecule has 106 valence electrons. The zero-order valence-corrected chi connectivity index (χ0v) is 13.0. The molecule has 2 nitrogen and oxygen atoms in total. The minimum absolute atomic E-state index is 0.226. The largest absolute Gasteiger partial charge is 0.381 e. The summed E-state index contributed by atoms with van der Waals surface area (Å²) in [5.74, 6) is 0. The molecule has 0 radical (unpaired) electrons. The summed E-state index contributed by atoms with van der Waals surface area (Å²) in [5, 5.41) is 4.99. The highest BCUT2D eigenvalue weighted by atomic mass is 35.5. The third-order valence-corrected chi connectivity index (χ3v) is 4.53. The van der Waals surface area contributed by atoms with Crippen LogP contribution in [0.2, 0.25) is 10.0 Å². The highest BCUT2D eigenvalue weighted by Crippen LogP contribution is 2.31. The lowest BCUT2D eigenvalue weighted by molar-refractivity contribution is 0.0231. The van der Waals surface area contributed by atoms with Gasteiger partial charge in [0.05, 0.1) is 0 Å². The van der Waals surface area contributed by atoms with Crippen LogP contribution < -0.4 is 5.32 Å². The molecule has 1 aliphatic rings. The van der Waals surface area contributed by atoms with E-state index in [1.165, 1.54) is 0 Å². The summed E-state index contributed by atoms with van der Waals surface area (Å²) in [6.45, 7) is 7.18. The van der Waals surface area contributed by atoms with Crippen molar-refractivity contribution in [1.82, 2.24) is 5.32 Å². The van der Waals surface area contributed by atoms with Crippen LogP contribution in [0.4, 0.5) is 0 Å². The summed E-state index contributed by atoms with van der Waals surface area (Å²) in [4.78, 5) is 0. The molecule has 0 saturated carbocycles. The quantitative estimate of drug-likeness (QED) is 0.886. The van der Waals surface area contributed by atoms with Crippen LogP contribution in [-0.4, -0.2) is 19.8 Å². The van der Waals surface area contributed by atoms with Crippen LogP contribution in [0.25, 0.3) is 0 Å². The second-order valence-corrected chi connectivity index (χ2v) is 6.54. The summed E-state index contributed by atoms with van der Waals surface area (Å²) in [7, 11) is 0. The zero-order chi connectivity index (χ0) is 13.9. The molecule has 2 rings (SSSR count). The molecule has 1 saturated heterocycles. The first-order valence-corrected chi connectivity index (χ1v) is 7.52. The normalized spacial score (nSPS) is 20.2. The Kier molecular flexibility index (Phi) is 5.13. The smallest absolute Gasteiger partial charge is 0.0471 e. The van der Waals surface area contributed by atoms with Gasteiger partial charge in [0.1, 0.15) is 0 Å². The van der Waals surface area contributed by atoms with E-state index in [-0.39, 0.29) is 6.04 Å². The van der Waals surface area contributed by atoms with Gasteiger partial charge in [-0.3, -0.25) is 0 Å². The van der Waals surface area contributed by atoms with Crippen molar-refractivity contribution in [2.75, 3.05) is 19.8 Å². The summed E-state index contributed by atoms with van der Waals surface area (Å²) >= 11 is 12.2. The maximum absolute atomic E-state index is 6.24. The second-order valence-electron chi connectivity index (χ2n) is 5.69. The third-order valence-electron chi connectivity index (χ3n) is 3.96. The molecule has 1 aliphatic heterocycles. The number of hydrogen-bond donors (Lipinski definition) is 1. The number of benzene rings is 1. The van der Waals surface area contributed by atoms with E-state index < -0.39 is 0 Å². The van der Waals surface area contributed by atoms with Crippen molar-refractivity contribution < 1.29 is 4.74 Å². The molecule has 4 heteroatoms. The number of rotatable bonds is 4. The van der Waals surface area contributed by atoms with Gasteiger partial charge >= 0.3 is 0 Å². The van der Waals surface area contributed by atoms with E-state index in [4.69, 9.17) is 27.9 Å². The summed E-state index contributed by atoms with van der Waals surface area (Å²) in [6, 6.07) is 5.91. The lowest BCUT2D eigenvalue weighted by Gasteiger charge is -2.35. The molecule has 1 unspecified atom stereocenters. The van der Waals surface area contributed by atoms with Crippen LogP contribution in [0.3, 0.4) is 0 Å². The molecular formula is C15H21Cl2NO. The summed E-state index contributed by atoms with van der Waals surface area (Å²) in [5.41, 5.74) is 1.42. The van der Waals surface area contributed by atoms with Gasteiger partial charge in [0.15, 0.2) is 0 Å².